The molecule has 3 rings (SSSR count). The normalized spacial score (nSPS) is 15.0. The van der Waals surface area contributed by atoms with Crippen LogP contribution in [0, 0.1) is 12.8 Å². The quantitative estimate of drug-likeness (QED) is 0.309. The van der Waals surface area contributed by atoms with Crippen molar-refractivity contribution in [1.29, 1.82) is 0 Å². The van der Waals surface area contributed by atoms with Crippen molar-refractivity contribution in [1.82, 2.24) is 10.6 Å². The van der Waals surface area contributed by atoms with Gasteiger partial charge < -0.3 is 15.7 Å². The predicted octanol–water partition coefficient (Wildman–Crippen LogP) is 3.40. The van der Waals surface area contributed by atoms with Gasteiger partial charge in [-0.15, -0.1) is 0 Å². The Balaban J connectivity index is 0.00000560. The zero-order valence-corrected chi connectivity index (χ0v) is 25.4. The molecule has 0 saturated heterocycles. The van der Waals surface area contributed by atoms with E-state index in [1.54, 1.807) is 17.8 Å². The third kappa shape index (κ3) is 10.3. The number of amides is 2. The first-order chi connectivity index (χ1) is 18.8. The van der Waals surface area contributed by atoms with E-state index in [1.807, 2.05) is 49.6 Å². The van der Waals surface area contributed by atoms with Crippen LogP contribution < -0.4 is 29.5 Å². The molecule has 40 heavy (non-hydrogen) atoms. The molecule has 0 bridgehead atoms. The number of rotatable bonds is 14. The van der Waals surface area contributed by atoms with Gasteiger partial charge in [0.1, 0.15) is 6.04 Å². The molecular formula is C32H44LiN2O4S+. The first-order valence-electron chi connectivity index (χ1n) is 14.3. The molecule has 1 saturated carbocycles. The summed E-state index contributed by atoms with van der Waals surface area (Å²) in [6.07, 6.45) is 12.0. The minimum absolute atomic E-state index is 0. The van der Waals surface area contributed by atoms with Crippen LogP contribution in [0.5, 0.6) is 0 Å². The summed E-state index contributed by atoms with van der Waals surface area (Å²) in [6, 6.07) is 12.5. The molecule has 1 aliphatic carbocycles. The van der Waals surface area contributed by atoms with Gasteiger partial charge in [0, 0.05) is 11.6 Å². The summed E-state index contributed by atoms with van der Waals surface area (Å²) in [4.78, 5) is 38.2. The second-order valence-corrected chi connectivity index (χ2v) is 11.8. The number of hydrogen-bond acceptors (Lipinski definition) is 4. The molecule has 212 valence electrons. The third-order valence-corrected chi connectivity index (χ3v) is 8.33. The first kappa shape index (κ1) is 34.0. The van der Waals surface area contributed by atoms with E-state index in [0.29, 0.717) is 29.2 Å². The largest absolute Gasteiger partial charge is 1.00 e. The fourth-order valence-electron chi connectivity index (χ4n) is 5.61. The Morgan fingerprint density at radius 1 is 1.00 bits per heavy atom. The maximum Gasteiger partial charge on any atom is 1.00 e. The number of benzene rings is 2. The minimum atomic E-state index is -1.04. The topological polar surface area (TPSA) is 95.5 Å². The average molecular weight is 560 g/mol. The molecule has 1 fully saturated rings. The van der Waals surface area contributed by atoms with Crippen LogP contribution in [0.2, 0.25) is 0 Å². The molecule has 3 N–H and O–H groups in total. The number of carboxylic acids is 1. The zero-order valence-electron chi connectivity index (χ0n) is 24.6. The minimum Gasteiger partial charge on any atom is -0.480 e. The molecule has 0 aromatic heterocycles. The van der Waals surface area contributed by atoms with Crippen molar-refractivity contribution in [3.63, 3.8) is 0 Å². The van der Waals surface area contributed by atoms with Crippen LogP contribution in [-0.4, -0.2) is 47.0 Å². The molecule has 0 radical (unpaired) electrons. The van der Waals surface area contributed by atoms with Crippen molar-refractivity contribution < 1.29 is 38.4 Å². The maximum atomic E-state index is 13.3. The molecule has 0 heterocycles. The second kappa shape index (κ2) is 17.6. The number of carbonyl (C=O) groups is 3. The molecular weight excluding hydrogens is 515 g/mol. The van der Waals surface area contributed by atoms with Crippen LogP contribution in [0.3, 0.4) is 0 Å². The van der Waals surface area contributed by atoms with Crippen molar-refractivity contribution in [3.05, 3.63) is 59.2 Å². The molecule has 1 aliphatic rings. The number of carboxylic acid groups (broad SMARTS) is 1. The molecule has 8 heteroatoms. The smallest absolute Gasteiger partial charge is 0.480 e. The first-order valence-corrected chi connectivity index (χ1v) is 15.7. The molecule has 0 aliphatic heterocycles. The van der Waals surface area contributed by atoms with E-state index in [9.17, 15) is 19.5 Å². The van der Waals surface area contributed by atoms with Gasteiger partial charge in [0.2, 0.25) is 5.91 Å². The van der Waals surface area contributed by atoms with Crippen molar-refractivity contribution in [2.75, 3.05) is 12.0 Å². The van der Waals surface area contributed by atoms with Crippen LogP contribution in [0.15, 0.2) is 42.5 Å². The summed E-state index contributed by atoms with van der Waals surface area (Å²) >= 11 is 1.54. The number of aryl methyl sites for hydroxylation is 1. The van der Waals surface area contributed by atoms with Gasteiger partial charge in [-0.1, -0.05) is 75.8 Å². The molecule has 2 aromatic rings. The summed E-state index contributed by atoms with van der Waals surface area (Å²) in [7, 11) is 0. The van der Waals surface area contributed by atoms with Gasteiger partial charge >= 0.3 is 24.8 Å². The summed E-state index contributed by atoms with van der Waals surface area (Å²) in [5, 5.41) is 15.6. The Bertz CT molecular complexity index is 1120. The summed E-state index contributed by atoms with van der Waals surface area (Å²) in [5.41, 5.74) is 3.83. The van der Waals surface area contributed by atoms with E-state index in [4.69, 9.17) is 0 Å². The molecule has 2 aromatic carbocycles. The number of thioether (sulfide) groups is 1. The van der Waals surface area contributed by atoms with Crippen molar-refractivity contribution in [2.24, 2.45) is 5.92 Å². The Kier molecular flexibility index (Phi) is 14.9. The summed E-state index contributed by atoms with van der Waals surface area (Å²) in [5.74, 6) is -0.131. The maximum absolute atomic E-state index is 13.3. The van der Waals surface area contributed by atoms with Crippen molar-refractivity contribution >= 4 is 29.5 Å². The van der Waals surface area contributed by atoms with Gasteiger partial charge in [-0.25, -0.2) is 4.79 Å². The summed E-state index contributed by atoms with van der Waals surface area (Å²) < 4.78 is 0. The number of hydrogen-bond donors (Lipinski definition) is 3. The Morgan fingerprint density at radius 3 is 2.38 bits per heavy atom. The van der Waals surface area contributed by atoms with Crippen LogP contribution in [0.25, 0.3) is 11.1 Å². The van der Waals surface area contributed by atoms with Crippen LogP contribution in [0.4, 0.5) is 0 Å². The number of carbonyl (C=O) groups excluding carboxylic acids is 2. The van der Waals surface area contributed by atoms with Gasteiger partial charge in [0.15, 0.2) is 0 Å². The SMILES string of the molecule is CCCC(CC1CCCCC1)NC(=O)Cc1ccc(C(=O)NC(CCSC)C(=O)O)c(-c2ccccc2C)c1.[Li+]. The van der Waals surface area contributed by atoms with Gasteiger partial charge in [-0.05, 0) is 78.5 Å². The predicted molar refractivity (Wildman–Crippen MR) is 160 cm³/mol. The third-order valence-electron chi connectivity index (χ3n) is 7.69. The molecule has 0 spiro atoms. The van der Waals surface area contributed by atoms with Gasteiger partial charge in [-0.2, -0.15) is 11.8 Å². The number of aliphatic carboxylic acids is 1. The molecule has 2 atom stereocenters. The molecule has 6 nitrogen and oxygen atoms in total. The van der Waals surface area contributed by atoms with Crippen molar-refractivity contribution in [2.45, 2.75) is 90.1 Å². The van der Waals surface area contributed by atoms with Crippen LogP contribution in [-0.2, 0) is 16.0 Å². The van der Waals surface area contributed by atoms with Gasteiger partial charge in [0.05, 0.1) is 6.42 Å². The Labute approximate surface area is 256 Å². The van der Waals surface area contributed by atoms with Gasteiger partial charge in [-0.3, -0.25) is 9.59 Å². The monoisotopic (exact) mass is 559 g/mol. The van der Waals surface area contributed by atoms with E-state index in [2.05, 4.69) is 17.6 Å². The van der Waals surface area contributed by atoms with Gasteiger partial charge in [0.25, 0.3) is 5.91 Å². The van der Waals surface area contributed by atoms with E-state index in [-0.39, 0.29) is 37.2 Å². The Morgan fingerprint density at radius 2 is 1.73 bits per heavy atom. The average Bonchev–Trinajstić information content (AvgIpc) is 2.91. The summed E-state index contributed by atoms with van der Waals surface area (Å²) in [6.45, 7) is 4.14. The van der Waals surface area contributed by atoms with Crippen LogP contribution >= 0.6 is 11.8 Å². The van der Waals surface area contributed by atoms with E-state index < -0.39 is 17.9 Å². The van der Waals surface area contributed by atoms with E-state index >= 15 is 0 Å². The van der Waals surface area contributed by atoms with E-state index in [1.165, 1.54) is 32.1 Å². The van der Waals surface area contributed by atoms with Crippen LogP contribution in [0.1, 0.15) is 86.2 Å². The second-order valence-electron chi connectivity index (χ2n) is 10.8. The fraction of sp³-hybridized carbons (Fsp3) is 0.531. The Hall–Kier alpha value is -2.20. The van der Waals surface area contributed by atoms with Crippen molar-refractivity contribution in [3.8, 4) is 11.1 Å². The fourth-order valence-corrected chi connectivity index (χ4v) is 6.08. The zero-order chi connectivity index (χ0) is 28.2. The standard InChI is InChI=1S/C32H44N2O4S.Li/c1-4-10-25(19-23-12-6-5-7-13-23)33-30(35)21-24-15-16-27(28(20-24)26-14-9-8-11-22(26)2)31(36)34-29(32(37)38)17-18-39-3;/h8-9,11,14-16,20,23,25,29H,4-7,10,12-13,17-19,21H2,1-3H3,(H,33,35)(H,34,36)(H,37,38);/q;+1. The van der Waals surface area contributed by atoms with E-state index in [0.717, 1.165) is 36.0 Å². The molecule has 2 amide bonds. The molecule has 2 unspecified atom stereocenters. The number of nitrogens with one attached hydrogen (secondary N) is 2.